The minimum Gasteiger partial charge on any atom is -0.490 e. The summed E-state index contributed by atoms with van der Waals surface area (Å²) in [5.41, 5.74) is 0.601. The smallest absolute Gasteiger partial charge is 0.387 e. The molecule has 2 rings (SSSR count). The summed E-state index contributed by atoms with van der Waals surface area (Å²) in [7, 11) is 0. The number of halogens is 2. The molecule has 1 aromatic carbocycles. The lowest BCUT2D eigenvalue weighted by Crippen LogP contribution is -2.19. The molecule has 0 aliphatic carbocycles. The van der Waals surface area contributed by atoms with E-state index in [2.05, 4.69) is 20.3 Å². The van der Waals surface area contributed by atoms with Gasteiger partial charge in [-0.15, -0.1) is 5.10 Å². The number of nitrogens with one attached hydrogen (secondary N) is 1. The summed E-state index contributed by atoms with van der Waals surface area (Å²) in [6, 6.07) is 4.44. The molecule has 0 saturated carbocycles. The molecule has 22 heavy (non-hydrogen) atoms. The molecule has 1 N–H and O–H groups in total. The Bertz CT molecular complexity index is 608. The van der Waals surface area contributed by atoms with Crippen molar-refractivity contribution < 1.29 is 23.0 Å². The summed E-state index contributed by atoms with van der Waals surface area (Å²) in [4.78, 5) is 11.0. The summed E-state index contributed by atoms with van der Waals surface area (Å²) in [6.07, 6.45) is 1.42. The Labute approximate surface area is 129 Å². The first kappa shape index (κ1) is 16.2. The molecule has 0 spiro atoms. The van der Waals surface area contributed by atoms with E-state index in [9.17, 15) is 13.6 Å². The molecule has 0 aromatic heterocycles. The van der Waals surface area contributed by atoms with Crippen molar-refractivity contribution in [2.75, 3.05) is 12.4 Å². The number of ether oxygens (including phenoxy) is 2. The number of thioether (sulfide) groups is 1. The fourth-order valence-corrected chi connectivity index (χ4v) is 2.22. The lowest BCUT2D eigenvalue weighted by molar-refractivity contribution is -0.116. The van der Waals surface area contributed by atoms with Crippen LogP contribution in [0.25, 0.3) is 0 Å². The monoisotopic (exact) mass is 329 g/mol. The van der Waals surface area contributed by atoms with Crippen molar-refractivity contribution in [2.24, 2.45) is 10.2 Å². The molecule has 1 aliphatic rings. The molecule has 0 radical (unpaired) electrons. The molecular weight excluding hydrogens is 316 g/mol. The van der Waals surface area contributed by atoms with Crippen LogP contribution in [0.5, 0.6) is 11.5 Å². The second-order valence-electron chi connectivity index (χ2n) is 4.00. The van der Waals surface area contributed by atoms with Gasteiger partial charge in [0.1, 0.15) is 0 Å². The molecule has 9 heteroatoms. The highest BCUT2D eigenvalue weighted by atomic mass is 32.2. The molecule has 0 unspecified atom stereocenters. The number of nitrogens with zero attached hydrogens (tertiary/aromatic N) is 2. The predicted octanol–water partition coefficient (Wildman–Crippen LogP) is 2.24. The zero-order chi connectivity index (χ0) is 15.9. The van der Waals surface area contributed by atoms with Crippen LogP contribution in [0.4, 0.5) is 8.78 Å². The van der Waals surface area contributed by atoms with E-state index in [0.29, 0.717) is 23.1 Å². The third-order valence-corrected chi connectivity index (χ3v) is 3.29. The Morgan fingerprint density at radius 2 is 2.27 bits per heavy atom. The summed E-state index contributed by atoms with van der Waals surface area (Å²) in [5, 5.41) is 10.6. The second kappa shape index (κ2) is 7.74. The van der Waals surface area contributed by atoms with Crippen molar-refractivity contribution in [1.29, 1.82) is 0 Å². The molecule has 1 heterocycles. The van der Waals surface area contributed by atoms with Crippen LogP contribution in [-0.2, 0) is 4.79 Å². The molecule has 1 aromatic rings. The molecule has 1 fully saturated rings. The number of alkyl halides is 2. The van der Waals surface area contributed by atoms with Crippen molar-refractivity contribution in [3.05, 3.63) is 23.8 Å². The lowest BCUT2D eigenvalue weighted by atomic mass is 10.2. The first-order valence-electron chi connectivity index (χ1n) is 6.34. The first-order valence-corrected chi connectivity index (χ1v) is 7.32. The van der Waals surface area contributed by atoms with E-state index in [1.54, 1.807) is 13.0 Å². The number of carbonyl (C=O) groups is 1. The average molecular weight is 329 g/mol. The van der Waals surface area contributed by atoms with Gasteiger partial charge in [-0.2, -0.15) is 13.9 Å². The lowest BCUT2D eigenvalue weighted by Gasteiger charge is -2.11. The van der Waals surface area contributed by atoms with E-state index in [4.69, 9.17) is 4.74 Å². The summed E-state index contributed by atoms with van der Waals surface area (Å²) < 4.78 is 34.2. The molecule has 1 aliphatic heterocycles. The standard InChI is InChI=1S/C13H13F2N3O3S/c1-2-20-10-5-8(3-4-9(10)21-12(14)15)6-16-18-13-17-11(19)7-22-13/h3-6,12H,2,7H2,1H3,(H,17,18,19). The number of amides is 1. The highest BCUT2D eigenvalue weighted by Gasteiger charge is 2.16. The topological polar surface area (TPSA) is 72.3 Å². The van der Waals surface area contributed by atoms with Crippen LogP contribution < -0.4 is 14.8 Å². The molecule has 1 amide bonds. The quantitative estimate of drug-likeness (QED) is 0.642. The van der Waals surface area contributed by atoms with E-state index in [1.807, 2.05) is 0 Å². The number of hydrogen-bond acceptors (Lipinski definition) is 6. The van der Waals surface area contributed by atoms with Crippen LogP contribution in [-0.4, -0.2) is 36.3 Å². The van der Waals surface area contributed by atoms with Gasteiger partial charge in [0, 0.05) is 0 Å². The maximum atomic E-state index is 12.3. The van der Waals surface area contributed by atoms with Gasteiger partial charge in [0.25, 0.3) is 0 Å². The molecule has 0 bridgehead atoms. The van der Waals surface area contributed by atoms with Crippen LogP contribution in [0.2, 0.25) is 0 Å². The number of rotatable bonds is 6. The van der Waals surface area contributed by atoms with Crippen molar-refractivity contribution in [3.63, 3.8) is 0 Å². The SMILES string of the molecule is CCOc1cc(C=NN=C2NC(=O)CS2)ccc1OC(F)F. The Morgan fingerprint density at radius 1 is 1.45 bits per heavy atom. The van der Waals surface area contributed by atoms with Crippen LogP contribution in [0, 0.1) is 0 Å². The molecule has 1 saturated heterocycles. The maximum Gasteiger partial charge on any atom is 0.387 e. The Morgan fingerprint density at radius 3 is 2.91 bits per heavy atom. The van der Waals surface area contributed by atoms with E-state index >= 15 is 0 Å². The summed E-state index contributed by atoms with van der Waals surface area (Å²) in [5.74, 6) is 0.357. The van der Waals surface area contributed by atoms with Gasteiger partial charge < -0.3 is 14.8 Å². The maximum absolute atomic E-state index is 12.3. The summed E-state index contributed by atoms with van der Waals surface area (Å²) >= 11 is 1.25. The molecule has 6 nitrogen and oxygen atoms in total. The molecular formula is C13H13F2N3O3S. The fourth-order valence-electron chi connectivity index (χ4n) is 1.59. The Balaban J connectivity index is 2.10. The average Bonchev–Trinajstić information content (AvgIpc) is 2.87. The zero-order valence-electron chi connectivity index (χ0n) is 11.6. The van der Waals surface area contributed by atoms with E-state index in [-0.39, 0.29) is 17.4 Å². The van der Waals surface area contributed by atoms with Gasteiger partial charge >= 0.3 is 6.61 Å². The van der Waals surface area contributed by atoms with Crippen molar-refractivity contribution in [1.82, 2.24) is 5.32 Å². The van der Waals surface area contributed by atoms with Gasteiger partial charge in [0.15, 0.2) is 16.7 Å². The van der Waals surface area contributed by atoms with Gasteiger partial charge in [-0.05, 0) is 30.7 Å². The largest absolute Gasteiger partial charge is 0.490 e. The van der Waals surface area contributed by atoms with Crippen LogP contribution >= 0.6 is 11.8 Å². The third kappa shape index (κ3) is 4.69. The molecule has 118 valence electrons. The second-order valence-corrected chi connectivity index (χ2v) is 4.97. The van der Waals surface area contributed by atoms with Crippen molar-refractivity contribution >= 4 is 29.1 Å². The van der Waals surface area contributed by atoms with E-state index in [0.717, 1.165) is 0 Å². The van der Waals surface area contributed by atoms with Gasteiger partial charge in [0.2, 0.25) is 5.91 Å². The number of amidine groups is 1. The molecule has 0 atom stereocenters. The van der Waals surface area contributed by atoms with Crippen LogP contribution in [0.3, 0.4) is 0 Å². The highest BCUT2D eigenvalue weighted by Crippen LogP contribution is 2.29. The zero-order valence-corrected chi connectivity index (χ0v) is 12.4. The normalized spacial score (nSPS) is 16.5. The first-order chi connectivity index (χ1) is 10.6. The van der Waals surface area contributed by atoms with Crippen molar-refractivity contribution in [2.45, 2.75) is 13.5 Å². The number of hydrogen-bond donors (Lipinski definition) is 1. The number of carbonyl (C=O) groups excluding carboxylic acids is 1. The van der Waals surface area contributed by atoms with Gasteiger partial charge in [0.05, 0.1) is 18.6 Å². The summed E-state index contributed by atoms with van der Waals surface area (Å²) in [6.45, 7) is -0.877. The van der Waals surface area contributed by atoms with Crippen molar-refractivity contribution in [3.8, 4) is 11.5 Å². The minimum atomic E-state index is -2.92. The third-order valence-electron chi connectivity index (χ3n) is 2.43. The highest BCUT2D eigenvalue weighted by molar-refractivity contribution is 8.15. The van der Waals surface area contributed by atoms with E-state index in [1.165, 1.54) is 30.1 Å². The van der Waals surface area contributed by atoms with Gasteiger partial charge in [-0.25, -0.2) is 0 Å². The van der Waals surface area contributed by atoms with Crippen LogP contribution in [0.1, 0.15) is 12.5 Å². The van der Waals surface area contributed by atoms with E-state index < -0.39 is 6.61 Å². The minimum absolute atomic E-state index is 0.0427. The predicted molar refractivity (Wildman–Crippen MR) is 79.9 cm³/mol. The number of benzene rings is 1. The Kier molecular flexibility index (Phi) is 5.70. The van der Waals surface area contributed by atoms with Gasteiger partial charge in [-0.1, -0.05) is 11.8 Å². The Hall–Kier alpha value is -2.16. The fraction of sp³-hybridized carbons (Fsp3) is 0.308. The van der Waals surface area contributed by atoms with Gasteiger partial charge in [-0.3, -0.25) is 4.79 Å². The van der Waals surface area contributed by atoms with Crippen LogP contribution in [0.15, 0.2) is 28.4 Å².